The largest absolute Gasteiger partial charge is 0.333 e. The summed E-state index contributed by atoms with van der Waals surface area (Å²) in [5.41, 5.74) is 2.63. The van der Waals surface area contributed by atoms with Gasteiger partial charge in [-0.1, -0.05) is 32.0 Å². The second kappa shape index (κ2) is 6.82. The van der Waals surface area contributed by atoms with Gasteiger partial charge in [0.1, 0.15) is 0 Å². The van der Waals surface area contributed by atoms with Gasteiger partial charge in [0.25, 0.3) is 11.7 Å². The lowest BCUT2D eigenvalue weighted by Gasteiger charge is -2.23. The van der Waals surface area contributed by atoms with Crippen LogP contribution in [0.15, 0.2) is 30.3 Å². The molecule has 1 aromatic heterocycles. The number of nitrogens with zero attached hydrogens (tertiary/aromatic N) is 3. The van der Waals surface area contributed by atoms with Crippen molar-refractivity contribution in [2.75, 3.05) is 6.54 Å². The molecule has 1 fully saturated rings. The van der Waals surface area contributed by atoms with E-state index >= 15 is 0 Å². The molecule has 0 unspecified atom stereocenters. The summed E-state index contributed by atoms with van der Waals surface area (Å²) < 4.78 is 1.74. The van der Waals surface area contributed by atoms with Crippen molar-refractivity contribution in [3.8, 4) is 5.69 Å². The van der Waals surface area contributed by atoms with Crippen molar-refractivity contribution in [1.29, 1.82) is 0 Å². The quantitative estimate of drug-likeness (QED) is 0.599. The highest BCUT2D eigenvalue weighted by Gasteiger charge is 2.37. The van der Waals surface area contributed by atoms with Crippen LogP contribution in [0, 0.1) is 19.8 Å². The molecule has 1 aliphatic rings. The molecule has 0 aliphatic heterocycles. The van der Waals surface area contributed by atoms with Crippen molar-refractivity contribution in [2.24, 2.45) is 5.92 Å². The Bertz CT molecular complexity index is 789. The fraction of sp³-hybridized carbons (Fsp3) is 0.450. The van der Waals surface area contributed by atoms with Crippen LogP contribution in [0.2, 0.25) is 0 Å². The number of amides is 1. The summed E-state index contributed by atoms with van der Waals surface area (Å²) in [5.74, 6) is -0.494. The molecule has 0 spiro atoms. The van der Waals surface area contributed by atoms with Crippen molar-refractivity contribution >= 4 is 11.7 Å². The van der Waals surface area contributed by atoms with Crippen molar-refractivity contribution in [3.63, 3.8) is 0 Å². The predicted octanol–water partition coefficient (Wildman–Crippen LogP) is 3.32. The first-order chi connectivity index (χ1) is 11.9. The Morgan fingerprint density at radius 1 is 1.20 bits per heavy atom. The Morgan fingerprint density at radius 3 is 2.40 bits per heavy atom. The molecule has 1 amide bonds. The summed E-state index contributed by atoms with van der Waals surface area (Å²) in [6.45, 7) is 8.39. The maximum absolute atomic E-state index is 12.9. The topological polar surface area (TPSA) is 55.2 Å². The predicted molar refractivity (Wildman–Crippen MR) is 96.9 cm³/mol. The number of aryl methyl sites for hydroxylation is 1. The molecule has 0 radical (unpaired) electrons. The number of carbonyl (C=O) groups excluding carboxylic acids is 2. The highest BCUT2D eigenvalue weighted by Crippen LogP contribution is 2.29. The molecule has 1 heterocycles. The molecule has 5 nitrogen and oxygen atoms in total. The smallest absolute Gasteiger partial charge is 0.295 e. The number of hydrogen-bond donors (Lipinski definition) is 0. The summed E-state index contributed by atoms with van der Waals surface area (Å²) in [4.78, 5) is 27.5. The Hall–Kier alpha value is -2.43. The van der Waals surface area contributed by atoms with Crippen LogP contribution in [0.5, 0.6) is 0 Å². The number of carbonyl (C=O) groups is 2. The fourth-order valence-corrected chi connectivity index (χ4v) is 3.21. The van der Waals surface area contributed by atoms with Crippen LogP contribution in [0.4, 0.5) is 0 Å². The number of para-hydroxylation sites is 1. The number of benzene rings is 1. The minimum absolute atomic E-state index is 0.226. The number of Topliss-reactive ketones (excluding diaryl/α,β-unsaturated/α-hetero) is 1. The van der Waals surface area contributed by atoms with E-state index in [1.54, 1.807) is 16.5 Å². The lowest BCUT2D eigenvalue weighted by Crippen LogP contribution is -2.40. The Kier molecular flexibility index (Phi) is 4.75. The van der Waals surface area contributed by atoms with Crippen molar-refractivity contribution in [2.45, 2.75) is 46.6 Å². The fourth-order valence-electron chi connectivity index (χ4n) is 3.21. The molecule has 132 valence electrons. The molecule has 5 heteroatoms. The van der Waals surface area contributed by atoms with Gasteiger partial charge in [-0.2, -0.15) is 5.10 Å². The number of rotatable bonds is 6. The van der Waals surface area contributed by atoms with E-state index in [2.05, 4.69) is 18.9 Å². The van der Waals surface area contributed by atoms with Crippen molar-refractivity contribution in [1.82, 2.24) is 14.7 Å². The van der Waals surface area contributed by atoms with Crippen LogP contribution in [0.25, 0.3) is 5.69 Å². The third-order valence-corrected chi connectivity index (χ3v) is 4.52. The second-order valence-corrected chi connectivity index (χ2v) is 7.20. The third-order valence-electron chi connectivity index (χ3n) is 4.52. The van der Waals surface area contributed by atoms with E-state index in [-0.39, 0.29) is 6.04 Å². The van der Waals surface area contributed by atoms with E-state index in [4.69, 9.17) is 0 Å². The van der Waals surface area contributed by atoms with Crippen LogP contribution in [-0.2, 0) is 4.79 Å². The number of aromatic nitrogens is 2. The molecule has 1 aliphatic carbocycles. The van der Waals surface area contributed by atoms with Gasteiger partial charge in [-0.05, 0) is 44.7 Å². The number of hydrogen-bond acceptors (Lipinski definition) is 3. The minimum atomic E-state index is -0.440. The van der Waals surface area contributed by atoms with E-state index in [1.807, 2.05) is 37.3 Å². The molecule has 25 heavy (non-hydrogen) atoms. The molecule has 0 saturated heterocycles. The second-order valence-electron chi connectivity index (χ2n) is 7.20. The SMILES string of the molecule is Cc1nn(-c2ccccc2)c(C)c1C(=O)C(=O)N(CC(C)C)C1CC1. The first kappa shape index (κ1) is 17.4. The van der Waals surface area contributed by atoms with Crippen LogP contribution in [0.3, 0.4) is 0 Å². The van der Waals surface area contributed by atoms with Gasteiger partial charge in [-0.15, -0.1) is 0 Å². The molecule has 3 rings (SSSR count). The van der Waals surface area contributed by atoms with E-state index < -0.39 is 11.7 Å². The summed E-state index contributed by atoms with van der Waals surface area (Å²) in [7, 11) is 0. The Balaban J connectivity index is 1.92. The zero-order valence-corrected chi connectivity index (χ0v) is 15.3. The standard InChI is InChI=1S/C20H25N3O2/c1-13(2)12-22(16-10-11-16)20(25)19(24)18-14(3)21-23(15(18)4)17-8-6-5-7-9-17/h5-9,13,16H,10-12H2,1-4H3. The van der Waals surface area contributed by atoms with Gasteiger partial charge in [0, 0.05) is 12.6 Å². The molecular weight excluding hydrogens is 314 g/mol. The molecular formula is C20H25N3O2. The molecule has 1 aromatic carbocycles. The van der Waals surface area contributed by atoms with Gasteiger partial charge in [0.15, 0.2) is 0 Å². The van der Waals surface area contributed by atoms with Gasteiger partial charge < -0.3 is 4.90 Å². The monoisotopic (exact) mass is 339 g/mol. The average molecular weight is 339 g/mol. The molecule has 0 atom stereocenters. The molecule has 2 aromatic rings. The maximum atomic E-state index is 12.9. The maximum Gasteiger partial charge on any atom is 0.295 e. The highest BCUT2D eigenvalue weighted by molar-refractivity contribution is 6.43. The van der Waals surface area contributed by atoms with Gasteiger partial charge >= 0.3 is 0 Å². The summed E-state index contributed by atoms with van der Waals surface area (Å²) >= 11 is 0. The summed E-state index contributed by atoms with van der Waals surface area (Å²) in [5, 5.41) is 4.49. The van der Waals surface area contributed by atoms with E-state index in [1.165, 1.54) is 0 Å². The zero-order chi connectivity index (χ0) is 18.1. The van der Waals surface area contributed by atoms with Gasteiger partial charge in [-0.3, -0.25) is 9.59 Å². The number of ketones is 1. The third kappa shape index (κ3) is 3.50. The van der Waals surface area contributed by atoms with Crippen LogP contribution >= 0.6 is 0 Å². The van der Waals surface area contributed by atoms with Crippen LogP contribution in [0.1, 0.15) is 48.4 Å². The lowest BCUT2D eigenvalue weighted by atomic mass is 10.1. The van der Waals surface area contributed by atoms with Crippen molar-refractivity contribution < 1.29 is 9.59 Å². The zero-order valence-electron chi connectivity index (χ0n) is 15.3. The molecule has 0 N–H and O–H groups in total. The minimum Gasteiger partial charge on any atom is -0.333 e. The first-order valence-corrected chi connectivity index (χ1v) is 8.87. The molecule has 0 bridgehead atoms. The van der Waals surface area contributed by atoms with E-state index in [0.717, 1.165) is 18.5 Å². The van der Waals surface area contributed by atoms with E-state index in [0.29, 0.717) is 29.4 Å². The first-order valence-electron chi connectivity index (χ1n) is 8.87. The molecule has 1 saturated carbocycles. The Morgan fingerprint density at radius 2 is 1.84 bits per heavy atom. The van der Waals surface area contributed by atoms with E-state index in [9.17, 15) is 9.59 Å². The summed E-state index contributed by atoms with van der Waals surface area (Å²) in [6.07, 6.45) is 1.99. The van der Waals surface area contributed by atoms with Crippen molar-refractivity contribution in [3.05, 3.63) is 47.3 Å². The van der Waals surface area contributed by atoms with Gasteiger partial charge in [0.2, 0.25) is 0 Å². The highest BCUT2D eigenvalue weighted by atomic mass is 16.2. The van der Waals surface area contributed by atoms with Crippen LogP contribution < -0.4 is 0 Å². The summed E-state index contributed by atoms with van der Waals surface area (Å²) in [6, 6.07) is 9.88. The van der Waals surface area contributed by atoms with Gasteiger partial charge in [-0.25, -0.2) is 4.68 Å². The van der Waals surface area contributed by atoms with Gasteiger partial charge in [0.05, 0.1) is 22.6 Å². The lowest BCUT2D eigenvalue weighted by molar-refractivity contribution is -0.127. The normalized spacial score (nSPS) is 14.0. The Labute approximate surface area is 148 Å². The van der Waals surface area contributed by atoms with Crippen LogP contribution in [-0.4, -0.2) is 39.0 Å². The average Bonchev–Trinajstić information content (AvgIpc) is 3.38.